The van der Waals surface area contributed by atoms with Crippen LogP contribution in [0.1, 0.15) is 56.5 Å². The molecule has 1 saturated heterocycles. The van der Waals surface area contributed by atoms with Crippen molar-refractivity contribution in [2.75, 3.05) is 11.9 Å². The van der Waals surface area contributed by atoms with E-state index in [0.717, 1.165) is 37.2 Å². The van der Waals surface area contributed by atoms with E-state index in [9.17, 15) is 4.79 Å². The minimum absolute atomic E-state index is 0.0341. The highest BCUT2D eigenvalue weighted by Crippen LogP contribution is 2.32. The molecule has 0 spiro atoms. The molecule has 24 heavy (non-hydrogen) atoms. The fourth-order valence-corrected chi connectivity index (χ4v) is 3.38. The van der Waals surface area contributed by atoms with Crippen molar-refractivity contribution in [2.24, 2.45) is 0 Å². The summed E-state index contributed by atoms with van der Waals surface area (Å²) in [5, 5.41) is 7.48. The summed E-state index contributed by atoms with van der Waals surface area (Å²) >= 11 is 0. The Balaban J connectivity index is 1.74. The summed E-state index contributed by atoms with van der Waals surface area (Å²) in [6, 6.07) is 10.7. The van der Waals surface area contributed by atoms with Gasteiger partial charge in [-0.05, 0) is 38.7 Å². The molecule has 0 radical (unpaired) electrons. The Bertz CT molecular complexity index is 695. The fourth-order valence-electron chi connectivity index (χ4n) is 3.38. The highest BCUT2D eigenvalue weighted by Gasteiger charge is 2.30. The van der Waals surface area contributed by atoms with Crippen molar-refractivity contribution >= 4 is 11.7 Å². The summed E-state index contributed by atoms with van der Waals surface area (Å²) in [6.07, 6.45) is 4.83. The molecule has 0 saturated carbocycles. The van der Waals surface area contributed by atoms with Crippen LogP contribution in [0.5, 0.6) is 0 Å². The van der Waals surface area contributed by atoms with Crippen molar-refractivity contribution in [2.45, 2.75) is 52.1 Å². The lowest BCUT2D eigenvalue weighted by Crippen LogP contribution is -2.34. The molecule has 1 fully saturated rings. The van der Waals surface area contributed by atoms with E-state index in [1.165, 1.54) is 5.56 Å². The van der Waals surface area contributed by atoms with Crippen LogP contribution in [0, 0.1) is 6.92 Å². The molecule has 5 nitrogen and oxygen atoms in total. The van der Waals surface area contributed by atoms with Gasteiger partial charge in [-0.2, -0.15) is 5.10 Å². The Hall–Kier alpha value is -2.30. The molecular weight excluding hydrogens is 300 g/mol. The molecule has 1 aliphatic heterocycles. The number of hydrogen-bond acceptors (Lipinski definition) is 2. The number of nitrogens with one attached hydrogen (secondary N) is 1. The maximum Gasteiger partial charge on any atom is 0.322 e. The molecule has 2 heterocycles. The largest absolute Gasteiger partial charge is 0.322 e. The van der Waals surface area contributed by atoms with Gasteiger partial charge < -0.3 is 10.2 Å². The highest BCUT2D eigenvalue weighted by molar-refractivity contribution is 5.90. The first-order valence-corrected chi connectivity index (χ1v) is 8.78. The zero-order valence-corrected chi connectivity index (χ0v) is 14.7. The zero-order valence-electron chi connectivity index (χ0n) is 14.7. The molecule has 1 N–H and O–H groups in total. The number of aromatic nitrogens is 2. The predicted molar refractivity (Wildman–Crippen MR) is 96.1 cm³/mol. The first-order valence-electron chi connectivity index (χ1n) is 8.78. The van der Waals surface area contributed by atoms with Crippen molar-refractivity contribution in [3.63, 3.8) is 0 Å². The molecule has 3 rings (SSSR count). The van der Waals surface area contributed by atoms with Gasteiger partial charge in [-0.1, -0.05) is 37.3 Å². The number of carbonyl (C=O) groups excluding carboxylic acids is 1. The third kappa shape index (κ3) is 3.16. The molecule has 2 amide bonds. The lowest BCUT2D eigenvalue weighted by molar-refractivity contribution is 0.207. The lowest BCUT2D eigenvalue weighted by Gasteiger charge is -2.25. The molecule has 0 aliphatic carbocycles. The molecule has 1 aliphatic rings. The second-order valence-electron chi connectivity index (χ2n) is 6.54. The summed E-state index contributed by atoms with van der Waals surface area (Å²) in [7, 11) is 0. The van der Waals surface area contributed by atoms with Gasteiger partial charge in [0.15, 0.2) is 0 Å². The zero-order chi connectivity index (χ0) is 17.1. The average Bonchev–Trinajstić information content (AvgIpc) is 3.23. The van der Waals surface area contributed by atoms with E-state index >= 15 is 0 Å². The van der Waals surface area contributed by atoms with Gasteiger partial charge in [-0.25, -0.2) is 4.79 Å². The van der Waals surface area contributed by atoms with Crippen LogP contribution in [-0.4, -0.2) is 27.3 Å². The van der Waals surface area contributed by atoms with Gasteiger partial charge >= 0.3 is 6.03 Å². The average molecular weight is 326 g/mol. The summed E-state index contributed by atoms with van der Waals surface area (Å²) in [6.45, 7) is 7.08. The van der Waals surface area contributed by atoms with Crippen LogP contribution in [0.4, 0.5) is 10.5 Å². The molecule has 1 aromatic heterocycles. The maximum atomic E-state index is 12.8. The number of carbonyl (C=O) groups is 1. The summed E-state index contributed by atoms with van der Waals surface area (Å²) < 4.78 is 1.98. The van der Waals surface area contributed by atoms with Gasteiger partial charge in [-0.15, -0.1) is 0 Å². The standard InChI is InChI=1S/C19H26N4O/c1-4-14(2)23-15(3)17(13-20-23)21-19(24)22-12-8-11-18(22)16-9-6-5-7-10-16/h5-7,9-10,13-14,18H,4,8,11-12H2,1-3H3,(H,21,24). The number of anilines is 1. The molecule has 2 atom stereocenters. The first-order chi connectivity index (χ1) is 11.6. The van der Waals surface area contributed by atoms with Crippen molar-refractivity contribution in [3.05, 3.63) is 47.8 Å². The molecule has 2 aromatic rings. The third-order valence-corrected chi connectivity index (χ3v) is 4.99. The SMILES string of the molecule is CCC(C)n1ncc(NC(=O)N2CCCC2c2ccccc2)c1C. The van der Waals surface area contributed by atoms with E-state index in [4.69, 9.17) is 0 Å². The van der Waals surface area contributed by atoms with Crippen molar-refractivity contribution in [1.82, 2.24) is 14.7 Å². The van der Waals surface area contributed by atoms with E-state index in [1.807, 2.05) is 34.7 Å². The second kappa shape index (κ2) is 7.07. The minimum atomic E-state index is -0.0341. The minimum Gasteiger partial charge on any atom is -0.317 e. The highest BCUT2D eigenvalue weighted by atomic mass is 16.2. The molecule has 128 valence electrons. The molecular formula is C19H26N4O. The molecule has 1 aromatic carbocycles. The van der Waals surface area contributed by atoms with Gasteiger partial charge in [0.1, 0.15) is 0 Å². The van der Waals surface area contributed by atoms with Crippen LogP contribution in [0.15, 0.2) is 36.5 Å². The number of hydrogen-bond donors (Lipinski definition) is 1. The topological polar surface area (TPSA) is 50.2 Å². The number of amides is 2. The number of benzene rings is 1. The van der Waals surface area contributed by atoms with Crippen LogP contribution in [0.2, 0.25) is 0 Å². The second-order valence-corrected chi connectivity index (χ2v) is 6.54. The van der Waals surface area contributed by atoms with Crippen LogP contribution >= 0.6 is 0 Å². The molecule has 0 bridgehead atoms. The fraction of sp³-hybridized carbons (Fsp3) is 0.474. The first kappa shape index (κ1) is 16.6. The van der Waals surface area contributed by atoms with Crippen LogP contribution in [0.3, 0.4) is 0 Å². The van der Waals surface area contributed by atoms with E-state index in [-0.39, 0.29) is 12.1 Å². The van der Waals surface area contributed by atoms with E-state index in [1.54, 1.807) is 6.20 Å². The summed E-state index contributed by atoms with van der Waals surface area (Å²) in [5.41, 5.74) is 3.02. The number of nitrogens with zero attached hydrogens (tertiary/aromatic N) is 3. The van der Waals surface area contributed by atoms with Gasteiger partial charge in [-0.3, -0.25) is 4.68 Å². The summed E-state index contributed by atoms with van der Waals surface area (Å²) in [5.74, 6) is 0. The Morgan fingerprint density at radius 2 is 2.12 bits per heavy atom. The predicted octanol–water partition coefficient (Wildman–Crippen LogP) is 4.53. The monoisotopic (exact) mass is 326 g/mol. The number of likely N-dealkylation sites (tertiary alicyclic amines) is 1. The maximum absolute atomic E-state index is 12.8. The van der Waals surface area contributed by atoms with Crippen molar-refractivity contribution < 1.29 is 4.79 Å². The molecule has 5 heteroatoms. The smallest absolute Gasteiger partial charge is 0.317 e. The van der Waals surface area contributed by atoms with E-state index in [0.29, 0.717) is 6.04 Å². The van der Waals surface area contributed by atoms with Crippen molar-refractivity contribution in [3.8, 4) is 0 Å². The van der Waals surface area contributed by atoms with Crippen LogP contribution in [0.25, 0.3) is 0 Å². The van der Waals surface area contributed by atoms with Gasteiger partial charge in [0, 0.05) is 12.6 Å². The summed E-state index contributed by atoms with van der Waals surface area (Å²) in [4.78, 5) is 14.7. The molecule has 2 unspecified atom stereocenters. The number of rotatable bonds is 4. The van der Waals surface area contributed by atoms with E-state index < -0.39 is 0 Å². The quantitative estimate of drug-likeness (QED) is 0.897. The normalized spacial score (nSPS) is 18.6. The van der Waals surface area contributed by atoms with Crippen LogP contribution < -0.4 is 5.32 Å². The Kier molecular flexibility index (Phi) is 4.88. The lowest BCUT2D eigenvalue weighted by atomic mass is 10.1. The van der Waals surface area contributed by atoms with Gasteiger partial charge in [0.25, 0.3) is 0 Å². The van der Waals surface area contributed by atoms with Gasteiger partial charge in [0.05, 0.1) is 23.6 Å². The number of urea groups is 1. The Morgan fingerprint density at radius 1 is 1.38 bits per heavy atom. The van der Waals surface area contributed by atoms with Crippen molar-refractivity contribution in [1.29, 1.82) is 0 Å². The Morgan fingerprint density at radius 3 is 2.83 bits per heavy atom. The Labute approximate surface area is 143 Å². The van der Waals surface area contributed by atoms with Crippen LogP contribution in [-0.2, 0) is 0 Å². The van der Waals surface area contributed by atoms with Gasteiger partial charge in [0.2, 0.25) is 0 Å². The third-order valence-electron chi connectivity index (χ3n) is 4.99. The van der Waals surface area contributed by atoms with E-state index in [2.05, 4.69) is 36.4 Å².